The Morgan fingerprint density at radius 1 is 0.679 bits per heavy atom. The molecule has 0 atom stereocenters. The molecule has 15 heteroatoms. The Balaban J connectivity index is 0.00000109. The Kier molecular flexibility index (Phi) is 16.5. The van der Waals surface area contributed by atoms with Crippen molar-refractivity contribution in [3.8, 4) is 11.6 Å². The Morgan fingerprint density at radius 3 is 1.68 bits per heavy atom. The van der Waals surface area contributed by atoms with Gasteiger partial charge in [0.05, 0.1) is 22.5 Å². The summed E-state index contributed by atoms with van der Waals surface area (Å²) in [6.07, 6.45) is 8.83. The average molecular weight is 772 g/mol. The van der Waals surface area contributed by atoms with Crippen LogP contribution in [0.15, 0.2) is 88.0 Å². The van der Waals surface area contributed by atoms with Gasteiger partial charge in [0, 0.05) is 13.1 Å². The Hall–Kier alpha value is -6.35. The van der Waals surface area contributed by atoms with E-state index in [2.05, 4.69) is 25.7 Å². The van der Waals surface area contributed by atoms with Crippen molar-refractivity contribution in [3.63, 3.8) is 0 Å². The molecule has 2 aromatic carbocycles. The summed E-state index contributed by atoms with van der Waals surface area (Å²) in [7, 11) is 0. The van der Waals surface area contributed by atoms with Crippen molar-refractivity contribution in [1.82, 2.24) is 18.9 Å². The van der Waals surface area contributed by atoms with Crippen LogP contribution in [-0.4, -0.2) is 90.2 Å². The van der Waals surface area contributed by atoms with E-state index >= 15 is 0 Å². The van der Waals surface area contributed by atoms with Gasteiger partial charge >= 0.3 is 23.7 Å². The maximum atomic E-state index is 13.5. The molecule has 4 amide bonds. The molecule has 3 N–H and O–H groups in total. The molecular formula is C41H49N5O10. The predicted molar refractivity (Wildman–Crippen MR) is 212 cm³/mol. The summed E-state index contributed by atoms with van der Waals surface area (Å²) in [4.78, 5) is 93.3. The Labute approximate surface area is 324 Å². The summed E-state index contributed by atoms with van der Waals surface area (Å²) in [6, 6.07) is 9.30. The van der Waals surface area contributed by atoms with Crippen LogP contribution in [0.3, 0.4) is 0 Å². The standard InChI is InChI=1S/C35H34N4O10.C6H15N/c1-3-5-20-36-28(40)26(30(42)38(34(36)48)24-16-12-22(13-17-24)32(44)45)10-8-7-9-11-27-29(41)37(21-6-4-2)35(49)39(31(27)43)25-18-14-23(15-19-25)33(46)47;1-4-7(5-2)6-3/h7-19,40H,3-6,20-21H2,1-2H3,(H,44,45)(H,46,47);4-6H2,1-3H3/b9-7+,10-8+,27-11+;. The molecule has 0 aliphatic carbocycles. The number of aromatic hydroxyl groups is 1. The van der Waals surface area contributed by atoms with Crippen molar-refractivity contribution in [2.75, 3.05) is 31.1 Å². The molecule has 56 heavy (non-hydrogen) atoms. The average Bonchev–Trinajstić information content (AvgIpc) is 3.18. The van der Waals surface area contributed by atoms with Gasteiger partial charge in [-0.3, -0.25) is 23.9 Å². The van der Waals surface area contributed by atoms with E-state index in [0.717, 1.165) is 18.9 Å². The lowest BCUT2D eigenvalue weighted by Gasteiger charge is -2.33. The molecule has 3 aromatic rings. The smallest absolute Gasteiger partial charge is 0.338 e. The van der Waals surface area contributed by atoms with Crippen LogP contribution in [0, 0.1) is 0 Å². The normalized spacial score (nSPS) is 14.0. The molecule has 0 unspecified atom stereocenters. The number of hydrogen-bond acceptors (Lipinski definition) is 9. The van der Waals surface area contributed by atoms with Crippen molar-refractivity contribution in [1.29, 1.82) is 0 Å². The lowest BCUT2D eigenvalue weighted by Crippen LogP contribution is -2.56. The van der Waals surface area contributed by atoms with Gasteiger partial charge in [-0.25, -0.2) is 28.6 Å². The third-order valence-electron chi connectivity index (χ3n) is 8.99. The molecule has 4 rings (SSSR count). The molecule has 15 nitrogen and oxygen atoms in total. The van der Waals surface area contributed by atoms with E-state index in [-0.39, 0.29) is 46.7 Å². The quantitative estimate of drug-likeness (QED) is 0.0939. The van der Waals surface area contributed by atoms with Crippen molar-refractivity contribution < 1.29 is 39.3 Å². The molecule has 0 spiro atoms. The number of carboxylic acid groups (broad SMARTS) is 2. The summed E-state index contributed by atoms with van der Waals surface area (Å²) >= 11 is 0. The molecule has 1 saturated heterocycles. The number of allylic oxidation sites excluding steroid dienone is 4. The summed E-state index contributed by atoms with van der Waals surface area (Å²) in [5.74, 6) is -4.68. The van der Waals surface area contributed by atoms with Crippen LogP contribution in [0.4, 0.5) is 10.5 Å². The van der Waals surface area contributed by atoms with Gasteiger partial charge in [0.1, 0.15) is 11.1 Å². The molecule has 0 radical (unpaired) electrons. The van der Waals surface area contributed by atoms with Gasteiger partial charge in [-0.2, -0.15) is 0 Å². The fourth-order valence-electron chi connectivity index (χ4n) is 5.63. The second-order valence-electron chi connectivity index (χ2n) is 12.5. The first kappa shape index (κ1) is 44.0. The number of hydrogen-bond donors (Lipinski definition) is 3. The van der Waals surface area contributed by atoms with E-state index in [9.17, 15) is 48.9 Å². The van der Waals surface area contributed by atoms with Crippen LogP contribution in [-0.2, 0) is 16.1 Å². The molecule has 1 aromatic heterocycles. The number of barbiturate groups is 1. The zero-order chi connectivity index (χ0) is 41.5. The summed E-state index contributed by atoms with van der Waals surface area (Å²) in [6.45, 7) is 14.0. The van der Waals surface area contributed by atoms with Crippen molar-refractivity contribution >= 4 is 41.5 Å². The van der Waals surface area contributed by atoms with Gasteiger partial charge in [-0.05, 0) is 93.2 Å². The van der Waals surface area contributed by atoms with E-state index in [1.807, 2.05) is 13.8 Å². The minimum Gasteiger partial charge on any atom is -0.494 e. The lowest BCUT2D eigenvalue weighted by atomic mass is 10.1. The third kappa shape index (κ3) is 10.4. The number of anilines is 1. The molecular weight excluding hydrogens is 722 g/mol. The van der Waals surface area contributed by atoms with Crippen LogP contribution < -0.4 is 16.1 Å². The van der Waals surface area contributed by atoms with Gasteiger partial charge in [0.25, 0.3) is 17.4 Å². The number of urea groups is 1. The molecule has 2 heterocycles. The number of unbranched alkanes of at least 4 members (excludes halogenated alkanes) is 2. The first-order valence-electron chi connectivity index (χ1n) is 18.5. The second kappa shape index (κ2) is 20.9. The molecule has 1 aliphatic heterocycles. The van der Waals surface area contributed by atoms with Crippen LogP contribution in [0.2, 0.25) is 0 Å². The molecule has 298 valence electrons. The van der Waals surface area contributed by atoms with E-state index in [1.54, 1.807) is 0 Å². The van der Waals surface area contributed by atoms with Gasteiger partial charge < -0.3 is 20.2 Å². The van der Waals surface area contributed by atoms with Gasteiger partial charge in [0.2, 0.25) is 5.88 Å². The van der Waals surface area contributed by atoms with E-state index in [4.69, 9.17) is 0 Å². The van der Waals surface area contributed by atoms with Gasteiger partial charge in [-0.1, -0.05) is 65.7 Å². The second-order valence-corrected chi connectivity index (χ2v) is 12.5. The largest absolute Gasteiger partial charge is 0.494 e. The first-order chi connectivity index (χ1) is 26.8. The number of benzene rings is 2. The number of aromatic carboxylic acids is 2. The predicted octanol–water partition coefficient (Wildman–Crippen LogP) is 5.54. The highest BCUT2D eigenvalue weighted by molar-refractivity contribution is 6.37. The lowest BCUT2D eigenvalue weighted by molar-refractivity contribution is -0.129. The number of amides is 4. The molecule has 0 saturated carbocycles. The fraction of sp³-hybridized carbons (Fsp3) is 0.341. The Bertz CT molecular complexity index is 2100. The number of carbonyl (C=O) groups excluding carboxylic acids is 3. The zero-order valence-corrected chi connectivity index (χ0v) is 32.3. The molecule has 1 fully saturated rings. The summed E-state index contributed by atoms with van der Waals surface area (Å²) in [5.41, 5.74) is -2.19. The van der Waals surface area contributed by atoms with Crippen LogP contribution in [0.5, 0.6) is 5.88 Å². The number of nitrogens with zero attached hydrogens (tertiary/aromatic N) is 5. The van der Waals surface area contributed by atoms with Crippen LogP contribution in [0.25, 0.3) is 11.8 Å². The number of rotatable bonds is 16. The number of aromatic nitrogens is 2. The topological polar surface area (TPSA) is 200 Å². The minimum atomic E-state index is -1.19. The maximum Gasteiger partial charge on any atom is 0.338 e. The number of imide groups is 2. The highest BCUT2D eigenvalue weighted by Gasteiger charge is 2.42. The summed E-state index contributed by atoms with van der Waals surface area (Å²) in [5, 5.41) is 29.4. The molecule has 1 aliphatic rings. The minimum absolute atomic E-state index is 0.0461. The number of carbonyl (C=O) groups is 5. The van der Waals surface area contributed by atoms with Crippen LogP contribution >= 0.6 is 0 Å². The Morgan fingerprint density at radius 2 is 1.20 bits per heavy atom. The SMILES string of the molecule is CCCCN1C(=O)\C(=C/C=C/C=C/c2c(O)n(CCCC)c(=O)n(-c3ccc(C(=O)O)cc3)c2=O)C(=O)N(c2ccc(C(=O)O)cc2)C1=O.CCN(CC)CC. The van der Waals surface area contributed by atoms with Gasteiger partial charge in [-0.15, -0.1) is 0 Å². The highest BCUT2D eigenvalue weighted by atomic mass is 16.4. The van der Waals surface area contributed by atoms with Crippen molar-refractivity contribution in [2.45, 2.75) is 66.8 Å². The fourth-order valence-corrected chi connectivity index (χ4v) is 5.63. The summed E-state index contributed by atoms with van der Waals surface area (Å²) < 4.78 is 1.87. The van der Waals surface area contributed by atoms with Crippen molar-refractivity contribution in [3.05, 3.63) is 116 Å². The first-order valence-corrected chi connectivity index (χ1v) is 18.5. The maximum absolute atomic E-state index is 13.5. The monoisotopic (exact) mass is 771 g/mol. The van der Waals surface area contributed by atoms with E-state index < -0.39 is 46.9 Å². The van der Waals surface area contributed by atoms with E-state index in [1.165, 1.54) is 98.5 Å². The zero-order valence-electron chi connectivity index (χ0n) is 32.3. The molecule has 0 bridgehead atoms. The van der Waals surface area contributed by atoms with Crippen molar-refractivity contribution in [2.24, 2.45) is 0 Å². The van der Waals surface area contributed by atoms with Gasteiger partial charge in [0.15, 0.2) is 0 Å². The van der Waals surface area contributed by atoms with Crippen LogP contribution in [0.1, 0.15) is 86.6 Å². The highest BCUT2D eigenvalue weighted by Crippen LogP contribution is 2.26. The number of carboxylic acids is 2. The van der Waals surface area contributed by atoms with E-state index in [0.29, 0.717) is 25.7 Å². The third-order valence-corrected chi connectivity index (χ3v) is 8.99.